The topological polar surface area (TPSA) is 75.3 Å². The molecule has 0 aliphatic carbocycles. The van der Waals surface area contributed by atoms with Crippen LogP contribution in [0.25, 0.3) is 0 Å². The maximum Gasteiger partial charge on any atom is 0.251 e. The highest BCUT2D eigenvalue weighted by Gasteiger charge is 2.10. The van der Waals surface area contributed by atoms with E-state index in [1.807, 2.05) is 0 Å². The molecule has 1 aromatic carbocycles. The zero-order valence-corrected chi connectivity index (χ0v) is 9.08. The number of phenolic OH excluding ortho intramolecular Hbond substituents is 1. The Hall–Kier alpha value is -1.26. The summed E-state index contributed by atoms with van der Waals surface area (Å²) < 4.78 is 0. The van der Waals surface area contributed by atoms with E-state index in [0.717, 1.165) is 0 Å². The number of nitrogens with two attached hydrogens (primary N) is 1. The minimum atomic E-state index is -0.255. The standard InChI is InChI=1S/C10H13ClN2O2/c1-6(5-12)13-10(15)7-2-3-9(14)8(11)4-7/h2-4,6,14H,5,12H2,1H3,(H,13,15)/t6-/m1/s1. The lowest BCUT2D eigenvalue weighted by atomic mass is 10.2. The molecule has 0 heterocycles. The van der Waals surface area contributed by atoms with Gasteiger partial charge in [-0.25, -0.2) is 0 Å². The molecule has 0 aromatic heterocycles. The van der Waals surface area contributed by atoms with Crippen molar-refractivity contribution in [2.75, 3.05) is 6.54 Å². The molecule has 4 nitrogen and oxygen atoms in total. The molecule has 5 heteroatoms. The number of hydrogen-bond donors (Lipinski definition) is 3. The molecule has 0 fully saturated rings. The monoisotopic (exact) mass is 228 g/mol. The maximum atomic E-state index is 11.6. The smallest absolute Gasteiger partial charge is 0.251 e. The first-order valence-corrected chi connectivity index (χ1v) is 4.92. The lowest BCUT2D eigenvalue weighted by molar-refractivity contribution is 0.0941. The van der Waals surface area contributed by atoms with E-state index in [2.05, 4.69) is 5.32 Å². The Kier molecular flexibility index (Phi) is 3.94. The van der Waals surface area contributed by atoms with Crippen molar-refractivity contribution in [1.82, 2.24) is 5.32 Å². The van der Waals surface area contributed by atoms with Crippen LogP contribution in [0.5, 0.6) is 5.75 Å². The number of aromatic hydroxyl groups is 1. The van der Waals surface area contributed by atoms with Crippen molar-refractivity contribution in [3.05, 3.63) is 28.8 Å². The van der Waals surface area contributed by atoms with Gasteiger partial charge in [-0.05, 0) is 25.1 Å². The molecule has 0 unspecified atom stereocenters. The highest BCUT2D eigenvalue weighted by Crippen LogP contribution is 2.23. The maximum absolute atomic E-state index is 11.6. The molecule has 82 valence electrons. The summed E-state index contributed by atoms with van der Waals surface area (Å²) >= 11 is 5.67. The van der Waals surface area contributed by atoms with Gasteiger partial charge in [-0.2, -0.15) is 0 Å². The van der Waals surface area contributed by atoms with Crippen LogP contribution >= 0.6 is 11.6 Å². The molecule has 0 spiro atoms. The summed E-state index contributed by atoms with van der Waals surface area (Å²) in [6.45, 7) is 2.18. The van der Waals surface area contributed by atoms with E-state index < -0.39 is 0 Å². The first kappa shape index (κ1) is 11.8. The summed E-state index contributed by atoms with van der Waals surface area (Å²) in [4.78, 5) is 11.6. The van der Waals surface area contributed by atoms with Gasteiger partial charge in [0.15, 0.2) is 0 Å². The Labute approximate surface area is 93.0 Å². The van der Waals surface area contributed by atoms with Gasteiger partial charge < -0.3 is 16.2 Å². The molecule has 1 amide bonds. The number of benzene rings is 1. The molecular weight excluding hydrogens is 216 g/mol. The van der Waals surface area contributed by atoms with Crippen LogP contribution < -0.4 is 11.1 Å². The van der Waals surface area contributed by atoms with E-state index >= 15 is 0 Å². The average molecular weight is 229 g/mol. The van der Waals surface area contributed by atoms with Gasteiger partial charge in [0, 0.05) is 18.2 Å². The molecule has 0 saturated heterocycles. The lowest BCUT2D eigenvalue weighted by Gasteiger charge is -2.11. The van der Waals surface area contributed by atoms with E-state index in [1.54, 1.807) is 6.92 Å². The Morgan fingerprint density at radius 3 is 2.87 bits per heavy atom. The number of halogens is 1. The van der Waals surface area contributed by atoms with Gasteiger partial charge in [-0.1, -0.05) is 11.6 Å². The largest absolute Gasteiger partial charge is 0.506 e. The second kappa shape index (κ2) is 5.00. The molecular formula is C10H13ClN2O2. The fourth-order valence-electron chi connectivity index (χ4n) is 1.01. The quantitative estimate of drug-likeness (QED) is 0.726. The zero-order valence-electron chi connectivity index (χ0n) is 8.33. The van der Waals surface area contributed by atoms with E-state index in [-0.39, 0.29) is 22.7 Å². The van der Waals surface area contributed by atoms with Crippen LogP contribution in [-0.2, 0) is 0 Å². The van der Waals surface area contributed by atoms with Crippen molar-refractivity contribution in [1.29, 1.82) is 0 Å². The van der Waals surface area contributed by atoms with Crippen LogP contribution in [0.1, 0.15) is 17.3 Å². The molecule has 0 aliphatic rings. The Bertz CT molecular complexity index is 368. The molecule has 0 radical (unpaired) electrons. The molecule has 4 N–H and O–H groups in total. The predicted octanol–water partition coefficient (Wildman–Crippen LogP) is 1.12. The summed E-state index contributed by atoms with van der Waals surface area (Å²) in [5.41, 5.74) is 5.77. The summed E-state index contributed by atoms with van der Waals surface area (Å²) in [5.74, 6) is -0.296. The van der Waals surface area contributed by atoms with Crippen LogP contribution in [0.3, 0.4) is 0 Å². The summed E-state index contributed by atoms with van der Waals surface area (Å²) in [5, 5.41) is 12.0. The van der Waals surface area contributed by atoms with E-state index in [9.17, 15) is 4.79 Å². The van der Waals surface area contributed by atoms with Crippen LogP contribution in [0, 0.1) is 0 Å². The van der Waals surface area contributed by atoms with Gasteiger partial charge in [0.2, 0.25) is 0 Å². The number of rotatable bonds is 3. The Balaban J connectivity index is 2.78. The predicted molar refractivity (Wildman–Crippen MR) is 59.1 cm³/mol. The number of nitrogens with one attached hydrogen (secondary N) is 1. The first-order valence-electron chi connectivity index (χ1n) is 4.54. The highest BCUT2D eigenvalue weighted by atomic mass is 35.5. The fourth-order valence-corrected chi connectivity index (χ4v) is 1.19. The third kappa shape index (κ3) is 3.11. The van der Waals surface area contributed by atoms with Crippen molar-refractivity contribution >= 4 is 17.5 Å². The van der Waals surface area contributed by atoms with E-state index in [1.165, 1.54) is 18.2 Å². The van der Waals surface area contributed by atoms with Gasteiger partial charge >= 0.3 is 0 Å². The second-order valence-corrected chi connectivity index (χ2v) is 3.68. The first-order chi connectivity index (χ1) is 7.04. The fraction of sp³-hybridized carbons (Fsp3) is 0.300. The lowest BCUT2D eigenvalue weighted by Crippen LogP contribution is -2.37. The number of carbonyl (C=O) groups excluding carboxylic acids is 1. The van der Waals surface area contributed by atoms with Crippen molar-refractivity contribution in [2.45, 2.75) is 13.0 Å². The van der Waals surface area contributed by atoms with Crippen molar-refractivity contribution in [2.24, 2.45) is 5.73 Å². The number of hydrogen-bond acceptors (Lipinski definition) is 3. The summed E-state index contributed by atoms with van der Waals surface area (Å²) in [6.07, 6.45) is 0. The number of carbonyl (C=O) groups is 1. The highest BCUT2D eigenvalue weighted by molar-refractivity contribution is 6.32. The van der Waals surface area contributed by atoms with Crippen LogP contribution in [-0.4, -0.2) is 23.6 Å². The van der Waals surface area contributed by atoms with E-state index in [0.29, 0.717) is 12.1 Å². The van der Waals surface area contributed by atoms with Gasteiger partial charge in [0.25, 0.3) is 5.91 Å². The van der Waals surface area contributed by atoms with Crippen molar-refractivity contribution in [3.63, 3.8) is 0 Å². The normalized spacial score (nSPS) is 12.2. The Morgan fingerprint density at radius 2 is 2.33 bits per heavy atom. The molecule has 1 rings (SSSR count). The number of phenols is 1. The van der Waals surface area contributed by atoms with Crippen molar-refractivity contribution in [3.8, 4) is 5.75 Å². The van der Waals surface area contributed by atoms with Gasteiger partial charge in [-0.15, -0.1) is 0 Å². The van der Waals surface area contributed by atoms with Crippen LogP contribution in [0.2, 0.25) is 5.02 Å². The molecule has 15 heavy (non-hydrogen) atoms. The second-order valence-electron chi connectivity index (χ2n) is 3.28. The SMILES string of the molecule is C[C@H](CN)NC(=O)c1ccc(O)c(Cl)c1. The third-order valence-electron chi connectivity index (χ3n) is 1.94. The molecule has 0 aliphatic heterocycles. The summed E-state index contributed by atoms with van der Waals surface area (Å²) in [7, 11) is 0. The molecule has 0 bridgehead atoms. The van der Waals surface area contributed by atoms with Gasteiger partial charge in [-0.3, -0.25) is 4.79 Å². The van der Waals surface area contributed by atoms with E-state index in [4.69, 9.17) is 22.4 Å². The minimum Gasteiger partial charge on any atom is -0.506 e. The molecule has 1 aromatic rings. The van der Waals surface area contributed by atoms with Gasteiger partial charge in [0.1, 0.15) is 5.75 Å². The zero-order chi connectivity index (χ0) is 11.4. The molecule has 1 atom stereocenters. The van der Waals surface area contributed by atoms with Crippen LogP contribution in [0.4, 0.5) is 0 Å². The average Bonchev–Trinajstić information content (AvgIpc) is 2.21. The van der Waals surface area contributed by atoms with Crippen LogP contribution in [0.15, 0.2) is 18.2 Å². The number of amides is 1. The molecule has 0 saturated carbocycles. The van der Waals surface area contributed by atoms with Crippen molar-refractivity contribution < 1.29 is 9.90 Å². The third-order valence-corrected chi connectivity index (χ3v) is 2.24. The Morgan fingerprint density at radius 1 is 1.67 bits per heavy atom. The summed E-state index contributed by atoms with van der Waals surface area (Å²) in [6, 6.07) is 4.20. The van der Waals surface area contributed by atoms with Gasteiger partial charge in [0.05, 0.1) is 5.02 Å². The minimum absolute atomic E-state index is 0.0416.